The highest BCUT2D eigenvalue weighted by molar-refractivity contribution is 6.55. The summed E-state index contributed by atoms with van der Waals surface area (Å²) in [7, 11) is 2.00. The van der Waals surface area contributed by atoms with Crippen molar-refractivity contribution in [1.29, 1.82) is 0 Å². The molecule has 0 radical (unpaired) electrons. The van der Waals surface area contributed by atoms with Crippen molar-refractivity contribution in [3.05, 3.63) is 0 Å². The highest BCUT2D eigenvalue weighted by Crippen LogP contribution is 2.69. The van der Waals surface area contributed by atoms with Gasteiger partial charge in [0.05, 0.1) is 0 Å². The van der Waals surface area contributed by atoms with Gasteiger partial charge in [-0.25, -0.2) is 0 Å². The maximum absolute atomic E-state index is 6.24. The van der Waals surface area contributed by atoms with Crippen LogP contribution < -0.4 is 0 Å². The Morgan fingerprint density at radius 3 is 1.39 bits per heavy atom. The Morgan fingerprint density at radius 2 is 1.13 bits per heavy atom. The van der Waals surface area contributed by atoms with Crippen molar-refractivity contribution in [1.82, 2.24) is 0 Å². The van der Waals surface area contributed by atoms with Gasteiger partial charge in [-0.15, -0.1) is 0 Å². The van der Waals surface area contributed by atoms with Gasteiger partial charge >= 0.3 is 0 Å². The van der Waals surface area contributed by atoms with Crippen LogP contribution in [0.2, 0.25) is 11.6 Å². The van der Waals surface area contributed by atoms with Gasteiger partial charge in [0.15, 0.2) is 0 Å². The Labute approximate surface area is 144 Å². The molecule has 0 amide bonds. The van der Waals surface area contributed by atoms with Crippen LogP contribution in [0.3, 0.4) is 0 Å². The average Bonchev–Trinajstić information content (AvgIpc) is 2.49. The minimum absolute atomic E-state index is 0.516. The summed E-state index contributed by atoms with van der Waals surface area (Å²) in [5.41, 5.74) is 1.19. The number of hydrogen-bond acceptors (Lipinski definition) is 1. The van der Waals surface area contributed by atoms with Crippen LogP contribution in [0, 0.1) is 46.3 Å². The third-order valence-corrected chi connectivity index (χ3v) is 9.94. The van der Waals surface area contributed by atoms with Crippen molar-refractivity contribution in [2.45, 2.75) is 78.9 Å². The lowest BCUT2D eigenvalue weighted by Crippen LogP contribution is -2.60. The Kier molecular flexibility index (Phi) is 3.60. The van der Waals surface area contributed by atoms with E-state index in [1.807, 2.05) is 7.11 Å². The molecule has 6 aliphatic rings. The van der Waals surface area contributed by atoms with Crippen LogP contribution in [-0.2, 0) is 4.65 Å². The van der Waals surface area contributed by atoms with Crippen LogP contribution in [0.1, 0.15) is 67.2 Å². The topological polar surface area (TPSA) is 9.23 Å². The third-order valence-electron chi connectivity index (χ3n) is 9.94. The van der Waals surface area contributed by atoms with Gasteiger partial charge in [-0.3, -0.25) is 0 Å². The molecule has 1 nitrogen and oxygen atoms in total. The average molecular weight is 316 g/mol. The largest absolute Gasteiger partial charge is 0.438 e. The molecule has 0 aliphatic heterocycles. The van der Waals surface area contributed by atoms with E-state index in [0.29, 0.717) is 17.7 Å². The van der Waals surface area contributed by atoms with Crippen molar-refractivity contribution in [2.24, 2.45) is 46.3 Å². The normalized spacial score (nSPS) is 52.3. The molecule has 0 aromatic carbocycles. The van der Waals surface area contributed by atoms with E-state index in [-0.39, 0.29) is 0 Å². The summed E-state index contributed by atoms with van der Waals surface area (Å²) >= 11 is 0. The molecule has 0 N–H and O–H groups in total. The van der Waals surface area contributed by atoms with Gasteiger partial charge in [-0.05, 0) is 70.8 Å². The van der Waals surface area contributed by atoms with E-state index in [1.165, 1.54) is 25.7 Å². The quantitative estimate of drug-likeness (QED) is 0.601. The van der Waals surface area contributed by atoms with Gasteiger partial charge in [-0.2, -0.15) is 0 Å². The molecular weight excluding hydrogens is 279 g/mol. The molecule has 0 aromatic rings. The SMILES string of the molecule is COB([C@H]1CC2CC([C@@H]1C)C2(C)C)[C@H]1CC2CC([C@@H]1C)C2(C)C. The molecule has 4 unspecified atom stereocenters. The minimum atomic E-state index is 0.516. The van der Waals surface area contributed by atoms with E-state index >= 15 is 0 Å². The van der Waals surface area contributed by atoms with Gasteiger partial charge in [0.25, 0.3) is 6.92 Å². The van der Waals surface area contributed by atoms with Crippen molar-refractivity contribution < 1.29 is 4.65 Å². The summed E-state index contributed by atoms with van der Waals surface area (Å²) in [5, 5.41) is 0. The molecule has 130 valence electrons. The van der Waals surface area contributed by atoms with Crippen molar-refractivity contribution in [2.75, 3.05) is 7.11 Å². The second-order valence-corrected chi connectivity index (χ2v) is 10.9. The Hall–Kier alpha value is 0.0249. The van der Waals surface area contributed by atoms with E-state index in [1.54, 1.807) is 0 Å². The van der Waals surface area contributed by atoms with E-state index in [9.17, 15) is 0 Å². The zero-order chi connectivity index (χ0) is 16.7. The summed E-state index contributed by atoms with van der Waals surface area (Å²) < 4.78 is 6.24. The Bertz CT molecular complexity index is 442. The second kappa shape index (κ2) is 5.02. The molecule has 8 atom stereocenters. The summed E-state index contributed by atoms with van der Waals surface area (Å²) in [6, 6.07) is 0. The fourth-order valence-electron chi connectivity index (χ4n) is 7.91. The zero-order valence-electron chi connectivity index (χ0n) is 16.4. The van der Waals surface area contributed by atoms with Crippen LogP contribution in [-0.4, -0.2) is 14.0 Å². The molecule has 4 bridgehead atoms. The maximum atomic E-state index is 6.24. The molecular formula is C21H37BO. The van der Waals surface area contributed by atoms with Crippen molar-refractivity contribution >= 4 is 6.92 Å². The molecule has 23 heavy (non-hydrogen) atoms. The van der Waals surface area contributed by atoms with Gasteiger partial charge in [-0.1, -0.05) is 54.4 Å². The van der Waals surface area contributed by atoms with Crippen LogP contribution >= 0.6 is 0 Å². The van der Waals surface area contributed by atoms with E-state index in [2.05, 4.69) is 41.5 Å². The molecule has 0 saturated heterocycles. The predicted molar refractivity (Wildman–Crippen MR) is 98.6 cm³/mol. The molecule has 0 aromatic heterocycles. The standard InChI is InChI=1S/C21H37BO/c1-12-16-8-14(20(16,3)4)10-18(12)22(23-7)19-11-15-9-17(13(19)2)21(15,5)6/h12-19H,8-11H2,1-7H3/t12-,13-,14?,15?,16?,17?,18-,19-/m0/s1. The zero-order valence-corrected chi connectivity index (χ0v) is 16.4. The first-order valence-corrected chi connectivity index (χ1v) is 10.2. The summed E-state index contributed by atoms with van der Waals surface area (Å²) in [4.78, 5) is 0. The summed E-state index contributed by atoms with van der Waals surface area (Å²) in [5.74, 6) is 7.10. The lowest BCUT2D eigenvalue weighted by molar-refractivity contribution is -0.110. The fourth-order valence-corrected chi connectivity index (χ4v) is 7.91. The van der Waals surface area contributed by atoms with Gasteiger partial charge in [0.1, 0.15) is 0 Å². The highest BCUT2D eigenvalue weighted by Gasteiger charge is 2.62. The smallest absolute Gasteiger partial charge is 0.299 e. The molecule has 6 fully saturated rings. The summed E-state index contributed by atoms with van der Waals surface area (Å²) in [6.07, 6.45) is 5.81. The van der Waals surface area contributed by atoms with Gasteiger partial charge in [0.2, 0.25) is 0 Å². The summed E-state index contributed by atoms with van der Waals surface area (Å²) in [6.45, 7) is 15.7. The van der Waals surface area contributed by atoms with E-state index in [4.69, 9.17) is 4.65 Å². The highest BCUT2D eigenvalue weighted by atomic mass is 16.4. The van der Waals surface area contributed by atoms with Crippen LogP contribution in [0.4, 0.5) is 0 Å². The lowest BCUT2D eigenvalue weighted by Gasteiger charge is -2.65. The Morgan fingerprint density at radius 1 is 0.739 bits per heavy atom. The fraction of sp³-hybridized carbons (Fsp3) is 1.00. The molecule has 2 heteroatoms. The number of hydrogen-bond donors (Lipinski definition) is 0. The first kappa shape index (κ1) is 16.5. The van der Waals surface area contributed by atoms with Crippen molar-refractivity contribution in [3.8, 4) is 0 Å². The Balaban J connectivity index is 1.52. The monoisotopic (exact) mass is 316 g/mol. The molecule has 6 rings (SSSR count). The molecule has 6 aliphatic carbocycles. The van der Waals surface area contributed by atoms with Crippen LogP contribution in [0.15, 0.2) is 0 Å². The van der Waals surface area contributed by atoms with Crippen LogP contribution in [0.5, 0.6) is 0 Å². The van der Waals surface area contributed by atoms with Gasteiger partial charge in [0, 0.05) is 7.11 Å². The van der Waals surface area contributed by atoms with Gasteiger partial charge < -0.3 is 4.65 Å². The molecule has 0 heterocycles. The predicted octanol–water partition coefficient (Wildman–Crippen LogP) is 5.77. The van der Waals surface area contributed by atoms with Crippen LogP contribution in [0.25, 0.3) is 0 Å². The van der Waals surface area contributed by atoms with Crippen molar-refractivity contribution in [3.63, 3.8) is 0 Å². The molecule has 6 saturated carbocycles. The second-order valence-electron chi connectivity index (χ2n) is 10.9. The minimum Gasteiger partial charge on any atom is -0.438 e. The first-order chi connectivity index (χ1) is 10.7. The van der Waals surface area contributed by atoms with E-state index < -0.39 is 0 Å². The maximum Gasteiger partial charge on any atom is 0.299 e. The van der Waals surface area contributed by atoms with E-state index in [0.717, 1.165) is 47.1 Å². The third kappa shape index (κ3) is 2.03. The lowest BCUT2D eigenvalue weighted by atomic mass is 9.27. The number of fused-ring (bicyclic) bond motifs is 4. The molecule has 0 spiro atoms. The number of rotatable bonds is 3. The first-order valence-electron chi connectivity index (χ1n) is 10.2.